The minimum absolute atomic E-state index is 0.308. The molecule has 0 radical (unpaired) electrons. The fraction of sp³-hybridized carbons (Fsp3) is 0.455. The Morgan fingerprint density at radius 2 is 1.90 bits per heavy atom. The molecule has 1 saturated heterocycles. The number of hydrogen-bond acceptors (Lipinski definition) is 8. The molecule has 4 rings (SSSR count). The van der Waals surface area contributed by atoms with Crippen LogP contribution in [0.5, 0.6) is 11.5 Å². The van der Waals surface area contributed by atoms with Crippen molar-refractivity contribution < 1.29 is 18.9 Å². The van der Waals surface area contributed by atoms with Gasteiger partial charge in [0, 0.05) is 49.2 Å². The highest BCUT2D eigenvalue weighted by Gasteiger charge is 2.26. The Morgan fingerprint density at radius 1 is 1.03 bits per heavy atom. The summed E-state index contributed by atoms with van der Waals surface area (Å²) in [5.74, 6) is 2.62. The molecule has 8 nitrogen and oxygen atoms in total. The predicted molar refractivity (Wildman–Crippen MR) is 118 cm³/mol. The van der Waals surface area contributed by atoms with Gasteiger partial charge in [0.25, 0.3) is 0 Å². The fourth-order valence-electron chi connectivity index (χ4n) is 4.08. The summed E-state index contributed by atoms with van der Waals surface area (Å²) in [5.41, 5.74) is 7.15. The van der Waals surface area contributed by atoms with Crippen LogP contribution in [0.15, 0.2) is 24.4 Å². The molecule has 1 atom stereocenters. The molecule has 160 valence electrons. The molecule has 3 aromatic rings. The lowest BCUT2D eigenvalue weighted by molar-refractivity contribution is 0.144. The van der Waals surface area contributed by atoms with Gasteiger partial charge in [-0.25, -0.2) is 4.98 Å². The summed E-state index contributed by atoms with van der Waals surface area (Å²) >= 11 is 0. The number of fused-ring (bicyclic) bond motifs is 3. The second kappa shape index (κ2) is 8.89. The Balaban J connectivity index is 1.82. The lowest BCUT2D eigenvalue weighted by Gasteiger charge is -2.26. The molecule has 0 saturated carbocycles. The summed E-state index contributed by atoms with van der Waals surface area (Å²) in [6.07, 6.45) is 3.97. The predicted octanol–water partition coefficient (Wildman–Crippen LogP) is 3.01. The largest absolute Gasteiger partial charge is 0.493 e. The van der Waals surface area contributed by atoms with Gasteiger partial charge in [0.15, 0.2) is 11.5 Å². The van der Waals surface area contributed by atoms with Crippen molar-refractivity contribution in [2.75, 3.05) is 58.3 Å². The Kier molecular flexibility index (Phi) is 6.06. The second-order valence-corrected chi connectivity index (χ2v) is 7.39. The van der Waals surface area contributed by atoms with Crippen molar-refractivity contribution in [1.29, 1.82) is 0 Å². The zero-order chi connectivity index (χ0) is 21.1. The Morgan fingerprint density at radius 3 is 2.67 bits per heavy atom. The molecule has 1 aromatic carbocycles. The molecule has 1 aliphatic rings. The van der Waals surface area contributed by atoms with Crippen molar-refractivity contribution in [1.82, 2.24) is 9.97 Å². The molecule has 0 unspecified atom stereocenters. The van der Waals surface area contributed by atoms with E-state index in [0.29, 0.717) is 43.2 Å². The maximum Gasteiger partial charge on any atom is 0.163 e. The average Bonchev–Trinajstić information content (AvgIpc) is 3.21. The first-order valence-electron chi connectivity index (χ1n) is 10.1. The first-order valence-corrected chi connectivity index (χ1v) is 10.1. The number of nitrogens with two attached hydrogens (primary N) is 1. The van der Waals surface area contributed by atoms with Crippen LogP contribution in [0.2, 0.25) is 0 Å². The normalized spacial score (nSPS) is 16.5. The molecule has 0 spiro atoms. The number of benzene rings is 1. The third-order valence-corrected chi connectivity index (χ3v) is 5.55. The van der Waals surface area contributed by atoms with Crippen LogP contribution in [0.25, 0.3) is 21.7 Å². The van der Waals surface area contributed by atoms with E-state index in [0.717, 1.165) is 46.9 Å². The van der Waals surface area contributed by atoms with Gasteiger partial charge in [0.05, 0.1) is 31.9 Å². The Labute approximate surface area is 175 Å². The van der Waals surface area contributed by atoms with Crippen molar-refractivity contribution in [3.8, 4) is 11.5 Å². The van der Waals surface area contributed by atoms with Gasteiger partial charge in [-0.05, 0) is 25.0 Å². The van der Waals surface area contributed by atoms with Gasteiger partial charge in [-0.1, -0.05) is 0 Å². The zero-order valence-electron chi connectivity index (χ0n) is 17.7. The van der Waals surface area contributed by atoms with E-state index < -0.39 is 0 Å². The van der Waals surface area contributed by atoms with Gasteiger partial charge in [-0.15, -0.1) is 0 Å². The number of rotatable bonds is 8. The van der Waals surface area contributed by atoms with Gasteiger partial charge in [-0.2, -0.15) is 0 Å². The molecular formula is C22H28N4O4. The molecular weight excluding hydrogens is 384 g/mol. The topological polar surface area (TPSA) is 92.0 Å². The second-order valence-electron chi connectivity index (χ2n) is 7.39. The van der Waals surface area contributed by atoms with Gasteiger partial charge >= 0.3 is 0 Å². The van der Waals surface area contributed by atoms with E-state index in [9.17, 15) is 0 Å². The third-order valence-electron chi connectivity index (χ3n) is 5.55. The number of methoxy groups -OCH3 is 3. The minimum Gasteiger partial charge on any atom is -0.493 e. The molecule has 1 fully saturated rings. The lowest BCUT2D eigenvalue weighted by atomic mass is 10.1. The van der Waals surface area contributed by atoms with E-state index in [2.05, 4.69) is 20.9 Å². The van der Waals surface area contributed by atoms with E-state index in [-0.39, 0.29) is 0 Å². The van der Waals surface area contributed by atoms with Crippen molar-refractivity contribution in [3.05, 3.63) is 24.4 Å². The smallest absolute Gasteiger partial charge is 0.163 e. The van der Waals surface area contributed by atoms with Crippen LogP contribution >= 0.6 is 0 Å². The van der Waals surface area contributed by atoms with Crippen LogP contribution in [-0.2, 0) is 9.47 Å². The average molecular weight is 412 g/mol. The number of hydrogen-bond donors (Lipinski definition) is 1. The van der Waals surface area contributed by atoms with Crippen LogP contribution in [0.1, 0.15) is 12.8 Å². The first kappa shape index (κ1) is 20.4. The van der Waals surface area contributed by atoms with Crippen molar-refractivity contribution in [2.45, 2.75) is 18.9 Å². The van der Waals surface area contributed by atoms with Gasteiger partial charge in [-0.3, -0.25) is 4.98 Å². The van der Waals surface area contributed by atoms with Gasteiger partial charge in [0.2, 0.25) is 0 Å². The molecule has 8 heteroatoms. The van der Waals surface area contributed by atoms with Crippen LogP contribution < -0.4 is 20.1 Å². The number of ether oxygens (including phenoxy) is 4. The van der Waals surface area contributed by atoms with Crippen molar-refractivity contribution in [3.63, 3.8) is 0 Å². The summed E-state index contributed by atoms with van der Waals surface area (Å²) in [5, 5.41) is 2.76. The number of nitrogens with zero attached hydrogens (tertiary/aromatic N) is 3. The SMILES string of the molecule is COCCOc1cc2ncc3c(N)nc(N4CCC[C@@H]4COC)cc3c2cc1OC. The molecule has 0 aliphatic carbocycles. The maximum atomic E-state index is 6.34. The first-order chi connectivity index (χ1) is 14.7. The van der Waals surface area contributed by atoms with Crippen LogP contribution in [0.3, 0.4) is 0 Å². The summed E-state index contributed by atoms with van der Waals surface area (Å²) in [6.45, 7) is 2.54. The Bertz CT molecular complexity index is 1040. The fourth-order valence-corrected chi connectivity index (χ4v) is 4.08. The van der Waals surface area contributed by atoms with Crippen molar-refractivity contribution >= 4 is 33.3 Å². The third kappa shape index (κ3) is 3.80. The lowest BCUT2D eigenvalue weighted by Crippen LogP contribution is -2.33. The maximum absolute atomic E-state index is 6.34. The van der Waals surface area contributed by atoms with Gasteiger partial charge in [0.1, 0.15) is 18.2 Å². The molecule has 30 heavy (non-hydrogen) atoms. The van der Waals surface area contributed by atoms with E-state index in [1.807, 2.05) is 12.1 Å². The Hall–Kier alpha value is -2.84. The monoisotopic (exact) mass is 412 g/mol. The molecule has 2 N–H and O–H groups in total. The quantitative estimate of drug-likeness (QED) is 0.446. The summed E-state index contributed by atoms with van der Waals surface area (Å²) in [6, 6.07) is 6.24. The minimum atomic E-state index is 0.308. The molecule has 1 aliphatic heterocycles. The van der Waals surface area contributed by atoms with Crippen LogP contribution in [-0.4, -0.2) is 63.7 Å². The van der Waals surface area contributed by atoms with Crippen molar-refractivity contribution in [2.24, 2.45) is 0 Å². The van der Waals surface area contributed by atoms with E-state index in [1.54, 1.807) is 27.5 Å². The standard InChI is InChI=1S/C22H28N4O4/c1-27-7-8-30-20-11-18-16(9-19(20)29-3)15-10-21(25-22(23)17(15)12-24-18)26-6-4-5-14(26)13-28-2/h9-12,14H,4-8,13H2,1-3H3,(H2,23,25)/t14-/m1/s1. The summed E-state index contributed by atoms with van der Waals surface area (Å²) in [7, 11) is 5.00. The van der Waals surface area contributed by atoms with Gasteiger partial charge < -0.3 is 29.6 Å². The van der Waals surface area contributed by atoms with E-state index in [4.69, 9.17) is 24.7 Å². The number of nitrogen functional groups attached to an aromatic ring is 1. The summed E-state index contributed by atoms with van der Waals surface area (Å²) < 4.78 is 21.9. The number of pyridine rings is 2. The van der Waals surface area contributed by atoms with E-state index in [1.165, 1.54) is 0 Å². The molecule has 3 heterocycles. The highest BCUT2D eigenvalue weighted by Crippen LogP contribution is 2.37. The molecule has 0 amide bonds. The highest BCUT2D eigenvalue weighted by molar-refractivity contribution is 6.10. The van der Waals surface area contributed by atoms with E-state index >= 15 is 0 Å². The molecule has 0 bridgehead atoms. The molecule has 2 aromatic heterocycles. The number of aromatic nitrogens is 2. The van der Waals surface area contributed by atoms with Crippen LogP contribution in [0.4, 0.5) is 11.6 Å². The summed E-state index contributed by atoms with van der Waals surface area (Å²) in [4.78, 5) is 11.5. The van der Waals surface area contributed by atoms with Crippen LogP contribution in [0, 0.1) is 0 Å². The zero-order valence-corrected chi connectivity index (χ0v) is 17.7. The number of anilines is 2. The highest BCUT2D eigenvalue weighted by atomic mass is 16.5.